The number of methoxy groups -OCH3 is 2. The van der Waals surface area contributed by atoms with E-state index in [9.17, 15) is 9.18 Å². The number of benzene rings is 1. The minimum absolute atomic E-state index is 0.219. The first kappa shape index (κ1) is 14.6. The summed E-state index contributed by atoms with van der Waals surface area (Å²) in [5.74, 6) is -0.636. The van der Waals surface area contributed by atoms with Gasteiger partial charge < -0.3 is 14.4 Å². The lowest BCUT2D eigenvalue weighted by molar-refractivity contribution is 0.0627. The molecule has 0 aliphatic rings. The first-order chi connectivity index (χ1) is 8.69. The molecule has 18 heavy (non-hydrogen) atoms. The van der Waals surface area contributed by atoms with E-state index in [0.717, 1.165) is 0 Å². The van der Waals surface area contributed by atoms with Gasteiger partial charge in [0, 0.05) is 32.9 Å². The average Bonchev–Trinajstić information content (AvgIpc) is 2.38. The fourth-order valence-corrected chi connectivity index (χ4v) is 1.52. The Hall–Kier alpha value is -1.46. The molecule has 0 radical (unpaired) electrons. The van der Waals surface area contributed by atoms with Crippen molar-refractivity contribution >= 4 is 5.91 Å². The number of ether oxygens (including phenoxy) is 2. The highest BCUT2D eigenvalue weighted by molar-refractivity contribution is 5.94. The van der Waals surface area contributed by atoms with Crippen LogP contribution in [0.15, 0.2) is 24.3 Å². The monoisotopic (exact) mass is 255 g/mol. The van der Waals surface area contributed by atoms with Gasteiger partial charge in [-0.3, -0.25) is 4.79 Å². The van der Waals surface area contributed by atoms with Gasteiger partial charge in [0.1, 0.15) is 5.82 Å². The quantitative estimate of drug-likeness (QED) is 0.742. The standard InChI is InChI=1S/C13H18FNO3/c1-17-8-6-15(7-9-18-2)13(16)11-4-3-5-12(14)10-11/h3-5,10H,6-9H2,1-2H3. The van der Waals surface area contributed by atoms with Gasteiger partial charge >= 0.3 is 0 Å². The highest BCUT2D eigenvalue weighted by Gasteiger charge is 2.15. The maximum atomic E-state index is 13.1. The average molecular weight is 255 g/mol. The third kappa shape index (κ3) is 4.43. The predicted octanol–water partition coefficient (Wildman–Crippen LogP) is 1.56. The van der Waals surface area contributed by atoms with Crippen LogP contribution in [0.25, 0.3) is 0 Å². The fourth-order valence-electron chi connectivity index (χ4n) is 1.52. The Bertz CT molecular complexity index is 376. The number of hydrogen-bond acceptors (Lipinski definition) is 3. The largest absolute Gasteiger partial charge is 0.383 e. The Morgan fingerprint density at radius 1 is 1.22 bits per heavy atom. The zero-order valence-corrected chi connectivity index (χ0v) is 10.7. The third-order valence-electron chi connectivity index (χ3n) is 2.49. The molecule has 1 rings (SSSR count). The van der Waals surface area contributed by atoms with Crippen molar-refractivity contribution < 1.29 is 18.7 Å². The van der Waals surface area contributed by atoms with Crippen molar-refractivity contribution in [3.63, 3.8) is 0 Å². The second-order valence-corrected chi connectivity index (χ2v) is 3.79. The predicted molar refractivity (Wildman–Crippen MR) is 66.1 cm³/mol. The molecule has 0 atom stereocenters. The summed E-state index contributed by atoms with van der Waals surface area (Å²) in [6.07, 6.45) is 0. The number of amides is 1. The van der Waals surface area contributed by atoms with Gasteiger partial charge in [0.25, 0.3) is 5.91 Å². The molecule has 1 aromatic carbocycles. The van der Waals surface area contributed by atoms with Crippen LogP contribution in [0.5, 0.6) is 0 Å². The van der Waals surface area contributed by atoms with Gasteiger partial charge in [-0.25, -0.2) is 4.39 Å². The normalized spacial score (nSPS) is 10.4. The Morgan fingerprint density at radius 2 is 1.83 bits per heavy atom. The van der Waals surface area contributed by atoms with E-state index in [1.807, 2.05) is 0 Å². The summed E-state index contributed by atoms with van der Waals surface area (Å²) in [5.41, 5.74) is 0.335. The molecule has 0 aliphatic heterocycles. The van der Waals surface area contributed by atoms with Crippen LogP contribution < -0.4 is 0 Å². The molecule has 4 nitrogen and oxygen atoms in total. The molecule has 0 spiro atoms. The summed E-state index contributed by atoms with van der Waals surface area (Å²) >= 11 is 0. The van der Waals surface area contributed by atoms with Crippen molar-refractivity contribution in [2.24, 2.45) is 0 Å². The van der Waals surface area contributed by atoms with E-state index in [0.29, 0.717) is 31.9 Å². The molecule has 0 unspecified atom stereocenters. The SMILES string of the molecule is COCCN(CCOC)C(=O)c1cccc(F)c1. The van der Waals surface area contributed by atoms with E-state index in [1.165, 1.54) is 18.2 Å². The number of carbonyl (C=O) groups is 1. The zero-order valence-electron chi connectivity index (χ0n) is 10.7. The number of halogens is 1. The number of nitrogens with zero attached hydrogens (tertiary/aromatic N) is 1. The molecule has 1 amide bonds. The van der Waals surface area contributed by atoms with Crippen LogP contribution in [0.3, 0.4) is 0 Å². The highest BCUT2D eigenvalue weighted by Crippen LogP contribution is 2.07. The molecule has 0 aliphatic carbocycles. The van der Waals surface area contributed by atoms with Crippen molar-refractivity contribution in [3.8, 4) is 0 Å². The van der Waals surface area contributed by atoms with Crippen LogP contribution in [-0.4, -0.2) is 51.3 Å². The van der Waals surface area contributed by atoms with Crippen LogP contribution in [-0.2, 0) is 9.47 Å². The maximum absolute atomic E-state index is 13.1. The molecule has 5 heteroatoms. The first-order valence-corrected chi connectivity index (χ1v) is 5.71. The summed E-state index contributed by atoms with van der Waals surface area (Å²) in [6, 6.07) is 5.66. The van der Waals surface area contributed by atoms with Gasteiger partial charge in [-0.05, 0) is 18.2 Å². The van der Waals surface area contributed by atoms with Crippen LogP contribution in [0.4, 0.5) is 4.39 Å². The first-order valence-electron chi connectivity index (χ1n) is 5.71. The van der Waals surface area contributed by atoms with E-state index in [1.54, 1.807) is 25.2 Å². The Balaban J connectivity index is 2.73. The molecule has 100 valence electrons. The number of carbonyl (C=O) groups excluding carboxylic acids is 1. The van der Waals surface area contributed by atoms with Gasteiger partial charge in [0.05, 0.1) is 13.2 Å². The topological polar surface area (TPSA) is 38.8 Å². The molecule has 0 saturated heterocycles. The Kier molecular flexibility index (Phi) is 6.32. The van der Waals surface area contributed by atoms with Crippen molar-refractivity contribution in [1.82, 2.24) is 4.90 Å². The zero-order chi connectivity index (χ0) is 13.4. The van der Waals surface area contributed by atoms with Crippen molar-refractivity contribution in [2.45, 2.75) is 0 Å². The number of rotatable bonds is 7. The lowest BCUT2D eigenvalue weighted by Crippen LogP contribution is -2.36. The Labute approximate surface area is 106 Å². The van der Waals surface area contributed by atoms with E-state index in [2.05, 4.69) is 0 Å². The summed E-state index contributed by atoms with van der Waals surface area (Å²) in [6.45, 7) is 1.78. The van der Waals surface area contributed by atoms with E-state index >= 15 is 0 Å². The van der Waals surface area contributed by atoms with Gasteiger partial charge in [-0.1, -0.05) is 6.07 Å². The summed E-state index contributed by atoms with van der Waals surface area (Å²) in [7, 11) is 3.14. The Morgan fingerprint density at radius 3 is 2.33 bits per heavy atom. The van der Waals surface area contributed by atoms with Crippen molar-refractivity contribution in [1.29, 1.82) is 0 Å². The minimum Gasteiger partial charge on any atom is -0.383 e. The van der Waals surface area contributed by atoms with Gasteiger partial charge in [0.2, 0.25) is 0 Å². The molecule has 0 fully saturated rings. The summed E-state index contributed by atoms with van der Waals surface area (Å²) in [4.78, 5) is 13.7. The molecule has 0 bridgehead atoms. The molecule has 0 aromatic heterocycles. The van der Waals surface area contributed by atoms with E-state index in [4.69, 9.17) is 9.47 Å². The minimum atomic E-state index is -0.417. The van der Waals surface area contributed by atoms with Gasteiger partial charge in [-0.15, -0.1) is 0 Å². The van der Waals surface area contributed by atoms with Crippen LogP contribution >= 0.6 is 0 Å². The van der Waals surface area contributed by atoms with Crippen molar-refractivity contribution in [2.75, 3.05) is 40.5 Å². The summed E-state index contributed by atoms with van der Waals surface area (Å²) < 4.78 is 23.0. The van der Waals surface area contributed by atoms with E-state index < -0.39 is 5.82 Å². The number of hydrogen-bond donors (Lipinski definition) is 0. The molecule has 1 aromatic rings. The fraction of sp³-hybridized carbons (Fsp3) is 0.462. The molecule has 0 heterocycles. The summed E-state index contributed by atoms with van der Waals surface area (Å²) in [5, 5.41) is 0. The third-order valence-corrected chi connectivity index (χ3v) is 2.49. The molecule has 0 saturated carbocycles. The van der Waals surface area contributed by atoms with Crippen molar-refractivity contribution in [3.05, 3.63) is 35.6 Å². The highest BCUT2D eigenvalue weighted by atomic mass is 19.1. The van der Waals surface area contributed by atoms with Gasteiger partial charge in [0.15, 0.2) is 0 Å². The van der Waals surface area contributed by atoms with Gasteiger partial charge in [-0.2, -0.15) is 0 Å². The lowest BCUT2D eigenvalue weighted by atomic mass is 10.2. The molecular weight excluding hydrogens is 237 g/mol. The van der Waals surface area contributed by atoms with Crippen LogP contribution in [0.2, 0.25) is 0 Å². The second kappa shape index (κ2) is 7.79. The van der Waals surface area contributed by atoms with Crippen LogP contribution in [0, 0.1) is 5.82 Å². The molecular formula is C13H18FNO3. The molecule has 0 N–H and O–H groups in total. The second-order valence-electron chi connectivity index (χ2n) is 3.79. The van der Waals surface area contributed by atoms with Crippen LogP contribution in [0.1, 0.15) is 10.4 Å². The maximum Gasteiger partial charge on any atom is 0.254 e. The lowest BCUT2D eigenvalue weighted by Gasteiger charge is -2.22. The smallest absolute Gasteiger partial charge is 0.254 e. The van der Waals surface area contributed by atoms with E-state index in [-0.39, 0.29) is 5.91 Å².